The molecule has 0 radical (unpaired) electrons. The van der Waals surface area contributed by atoms with E-state index in [0.29, 0.717) is 0 Å². The zero-order chi connectivity index (χ0) is 13.8. The van der Waals surface area contributed by atoms with Crippen LogP contribution in [0, 0.1) is 13.8 Å². The summed E-state index contributed by atoms with van der Waals surface area (Å²) in [6.07, 6.45) is 5.38. The van der Waals surface area contributed by atoms with Crippen molar-refractivity contribution in [3.63, 3.8) is 0 Å². The lowest BCUT2D eigenvalue weighted by atomic mass is 10.2. The van der Waals surface area contributed by atoms with Gasteiger partial charge in [-0.1, -0.05) is 22.4 Å². The quantitative estimate of drug-likeness (QED) is 0.579. The fourth-order valence-electron chi connectivity index (χ4n) is 2.18. The van der Waals surface area contributed by atoms with Gasteiger partial charge in [0.25, 0.3) is 0 Å². The molecule has 0 amide bonds. The Morgan fingerprint density at radius 1 is 1.21 bits per heavy atom. The van der Waals surface area contributed by atoms with E-state index in [9.17, 15) is 0 Å². The van der Waals surface area contributed by atoms with Crippen molar-refractivity contribution in [2.75, 3.05) is 23.8 Å². The van der Waals surface area contributed by atoms with Gasteiger partial charge in [0.15, 0.2) is 0 Å². The monoisotopic (exact) mass is 341 g/mol. The SMILES string of the molecule is Cc1sc2ncnc(N(C)CCCCCBr)c2c1C. The number of hydrogen-bond donors (Lipinski definition) is 0. The van der Waals surface area contributed by atoms with Crippen LogP contribution in [-0.2, 0) is 0 Å². The molecule has 5 heteroatoms. The van der Waals surface area contributed by atoms with Gasteiger partial charge in [0, 0.05) is 23.8 Å². The first kappa shape index (κ1) is 14.7. The van der Waals surface area contributed by atoms with E-state index in [1.165, 1.54) is 35.1 Å². The summed E-state index contributed by atoms with van der Waals surface area (Å²) >= 11 is 5.23. The number of alkyl halides is 1. The van der Waals surface area contributed by atoms with Crippen LogP contribution in [0.5, 0.6) is 0 Å². The molecule has 0 aliphatic carbocycles. The number of fused-ring (bicyclic) bond motifs is 1. The van der Waals surface area contributed by atoms with E-state index in [-0.39, 0.29) is 0 Å². The maximum Gasteiger partial charge on any atom is 0.140 e. The molecule has 3 nitrogen and oxygen atoms in total. The molecular weight excluding hydrogens is 322 g/mol. The highest BCUT2D eigenvalue weighted by Crippen LogP contribution is 2.33. The van der Waals surface area contributed by atoms with Crippen molar-refractivity contribution in [3.05, 3.63) is 16.8 Å². The van der Waals surface area contributed by atoms with Crippen LogP contribution < -0.4 is 4.90 Å². The summed E-state index contributed by atoms with van der Waals surface area (Å²) in [5, 5.41) is 2.32. The van der Waals surface area contributed by atoms with Gasteiger partial charge in [-0.2, -0.15) is 0 Å². The Labute approximate surface area is 127 Å². The van der Waals surface area contributed by atoms with E-state index in [2.05, 4.69) is 51.7 Å². The maximum absolute atomic E-state index is 4.49. The van der Waals surface area contributed by atoms with Crippen LogP contribution in [0.25, 0.3) is 10.2 Å². The fraction of sp³-hybridized carbons (Fsp3) is 0.571. The highest BCUT2D eigenvalue weighted by Gasteiger charge is 2.14. The minimum absolute atomic E-state index is 1.05. The molecule has 0 saturated carbocycles. The van der Waals surface area contributed by atoms with Gasteiger partial charge in [-0.3, -0.25) is 0 Å². The number of rotatable bonds is 6. The Balaban J connectivity index is 2.19. The maximum atomic E-state index is 4.49. The lowest BCUT2D eigenvalue weighted by Crippen LogP contribution is -2.20. The standard InChI is InChI=1S/C14H20BrN3S/c1-10-11(2)19-14-12(10)13(16-9-17-14)18(3)8-6-4-5-7-15/h9H,4-8H2,1-3H3. The number of hydrogen-bond acceptors (Lipinski definition) is 4. The van der Waals surface area contributed by atoms with Crippen LogP contribution in [0.2, 0.25) is 0 Å². The average Bonchev–Trinajstić information content (AvgIpc) is 2.70. The van der Waals surface area contributed by atoms with Gasteiger partial charge in [-0.05, 0) is 32.3 Å². The first-order valence-corrected chi connectivity index (χ1v) is 8.56. The molecule has 0 N–H and O–H groups in total. The van der Waals surface area contributed by atoms with Gasteiger partial charge in [0.1, 0.15) is 17.0 Å². The van der Waals surface area contributed by atoms with Gasteiger partial charge < -0.3 is 4.90 Å². The number of thiophene rings is 1. The van der Waals surface area contributed by atoms with Crippen molar-refractivity contribution in [2.45, 2.75) is 33.1 Å². The Morgan fingerprint density at radius 3 is 2.74 bits per heavy atom. The number of anilines is 1. The molecule has 0 fully saturated rings. The first-order valence-electron chi connectivity index (χ1n) is 6.63. The first-order chi connectivity index (χ1) is 9.15. The Hall–Kier alpha value is -0.680. The molecule has 2 heterocycles. The number of halogens is 1. The van der Waals surface area contributed by atoms with Crippen molar-refractivity contribution in [2.24, 2.45) is 0 Å². The minimum atomic E-state index is 1.05. The smallest absolute Gasteiger partial charge is 0.140 e. The summed E-state index contributed by atoms with van der Waals surface area (Å²) in [6.45, 7) is 5.37. The van der Waals surface area contributed by atoms with Crippen molar-refractivity contribution < 1.29 is 0 Å². The molecule has 104 valence electrons. The van der Waals surface area contributed by atoms with Gasteiger partial charge in [-0.25, -0.2) is 9.97 Å². The van der Waals surface area contributed by atoms with E-state index < -0.39 is 0 Å². The Morgan fingerprint density at radius 2 is 2.00 bits per heavy atom. The fourth-order valence-corrected chi connectivity index (χ4v) is 3.57. The zero-order valence-electron chi connectivity index (χ0n) is 11.7. The Kier molecular flexibility index (Phi) is 5.16. The third-order valence-corrected chi connectivity index (χ3v) is 5.11. The van der Waals surface area contributed by atoms with Crippen LogP contribution in [0.4, 0.5) is 5.82 Å². The normalized spacial score (nSPS) is 11.2. The lowest BCUT2D eigenvalue weighted by molar-refractivity contribution is 0.708. The highest BCUT2D eigenvalue weighted by molar-refractivity contribution is 9.09. The second-order valence-corrected chi connectivity index (χ2v) is 6.83. The number of aryl methyl sites for hydroxylation is 2. The lowest BCUT2D eigenvalue weighted by Gasteiger charge is -2.19. The van der Waals surface area contributed by atoms with Crippen LogP contribution in [-0.4, -0.2) is 28.9 Å². The average molecular weight is 342 g/mol. The van der Waals surface area contributed by atoms with Gasteiger partial charge >= 0.3 is 0 Å². The summed E-state index contributed by atoms with van der Waals surface area (Å²) in [5.41, 5.74) is 1.32. The van der Waals surface area contributed by atoms with E-state index >= 15 is 0 Å². The van der Waals surface area contributed by atoms with Crippen LogP contribution >= 0.6 is 27.3 Å². The topological polar surface area (TPSA) is 29.0 Å². The molecule has 0 atom stereocenters. The summed E-state index contributed by atoms with van der Waals surface area (Å²) in [7, 11) is 2.13. The molecule has 0 saturated heterocycles. The molecule has 0 unspecified atom stereocenters. The highest BCUT2D eigenvalue weighted by atomic mass is 79.9. The van der Waals surface area contributed by atoms with E-state index in [0.717, 1.165) is 22.5 Å². The minimum Gasteiger partial charge on any atom is -0.359 e. The molecule has 0 aliphatic rings. The molecule has 0 bridgehead atoms. The van der Waals surface area contributed by atoms with Crippen LogP contribution in [0.3, 0.4) is 0 Å². The molecule has 0 aromatic carbocycles. The summed E-state index contributed by atoms with van der Waals surface area (Å²) < 4.78 is 0. The van der Waals surface area contributed by atoms with Crippen LogP contribution in [0.15, 0.2) is 6.33 Å². The third-order valence-electron chi connectivity index (χ3n) is 3.43. The van der Waals surface area contributed by atoms with E-state index in [4.69, 9.17) is 0 Å². The summed E-state index contributed by atoms with van der Waals surface area (Å²) in [5.74, 6) is 1.07. The molecule has 19 heavy (non-hydrogen) atoms. The predicted octanol–water partition coefficient (Wildman–Crippen LogP) is 4.31. The molecule has 2 rings (SSSR count). The predicted molar refractivity (Wildman–Crippen MR) is 87.8 cm³/mol. The third kappa shape index (κ3) is 3.26. The number of aromatic nitrogens is 2. The van der Waals surface area contributed by atoms with Crippen molar-refractivity contribution >= 4 is 43.3 Å². The van der Waals surface area contributed by atoms with Crippen molar-refractivity contribution in [3.8, 4) is 0 Å². The van der Waals surface area contributed by atoms with Gasteiger partial charge in [0.05, 0.1) is 5.39 Å². The largest absolute Gasteiger partial charge is 0.359 e. The van der Waals surface area contributed by atoms with Crippen molar-refractivity contribution in [1.82, 2.24) is 9.97 Å². The number of unbranched alkanes of at least 4 members (excludes halogenated alkanes) is 2. The second-order valence-electron chi connectivity index (χ2n) is 4.83. The molecular formula is C14H20BrN3S. The van der Waals surface area contributed by atoms with Crippen molar-refractivity contribution in [1.29, 1.82) is 0 Å². The summed E-state index contributed by atoms with van der Waals surface area (Å²) in [6, 6.07) is 0. The summed E-state index contributed by atoms with van der Waals surface area (Å²) in [4.78, 5) is 13.6. The zero-order valence-corrected chi connectivity index (χ0v) is 14.1. The van der Waals surface area contributed by atoms with Crippen LogP contribution in [0.1, 0.15) is 29.7 Å². The molecule has 0 aliphatic heterocycles. The van der Waals surface area contributed by atoms with Gasteiger partial charge in [0.2, 0.25) is 0 Å². The van der Waals surface area contributed by atoms with E-state index in [1.54, 1.807) is 17.7 Å². The second kappa shape index (κ2) is 6.66. The van der Waals surface area contributed by atoms with E-state index in [1.807, 2.05) is 0 Å². The molecule has 0 spiro atoms. The molecule has 2 aromatic heterocycles. The molecule has 2 aromatic rings. The Bertz CT molecular complexity index is 553. The van der Waals surface area contributed by atoms with Gasteiger partial charge in [-0.15, -0.1) is 11.3 Å². The number of nitrogens with zero attached hydrogens (tertiary/aromatic N) is 3.